The number of hydrogen-bond donors (Lipinski definition) is 1. The van der Waals surface area contributed by atoms with Gasteiger partial charge >= 0.3 is 0 Å². The molecular formula is C19H20N4O2. The van der Waals surface area contributed by atoms with Gasteiger partial charge in [0.2, 0.25) is 0 Å². The van der Waals surface area contributed by atoms with Crippen LogP contribution in [0.2, 0.25) is 0 Å². The van der Waals surface area contributed by atoms with Crippen LogP contribution in [-0.2, 0) is 0 Å². The van der Waals surface area contributed by atoms with Gasteiger partial charge < -0.3 is 10.1 Å². The van der Waals surface area contributed by atoms with Crippen molar-refractivity contribution >= 4 is 11.6 Å². The zero-order valence-corrected chi connectivity index (χ0v) is 14.2. The van der Waals surface area contributed by atoms with E-state index in [0.29, 0.717) is 5.56 Å². The third kappa shape index (κ3) is 4.23. The number of carbonyl (C=O) groups is 1. The lowest BCUT2D eigenvalue weighted by atomic mass is 10.2. The summed E-state index contributed by atoms with van der Waals surface area (Å²) in [5, 5.41) is 10.4. The van der Waals surface area contributed by atoms with Crippen molar-refractivity contribution in [1.29, 1.82) is 0 Å². The van der Waals surface area contributed by atoms with Crippen LogP contribution in [0.4, 0.5) is 5.69 Å². The van der Waals surface area contributed by atoms with E-state index in [1.165, 1.54) is 0 Å². The van der Waals surface area contributed by atoms with Crippen molar-refractivity contribution in [1.82, 2.24) is 14.8 Å². The van der Waals surface area contributed by atoms with Gasteiger partial charge in [0.1, 0.15) is 18.4 Å². The fraction of sp³-hybridized carbons (Fsp3) is 0.211. The Kier molecular flexibility index (Phi) is 5.09. The summed E-state index contributed by atoms with van der Waals surface area (Å²) in [6.07, 6.45) is 4.34. The van der Waals surface area contributed by atoms with Gasteiger partial charge in [-0.2, -0.15) is 0 Å². The molecule has 1 aromatic heterocycles. The highest BCUT2D eigenvalue weighted by Crippen LogP contribution is 2.18. The molecule has 0 aliphatic rings. The van der Waals surface area contributed by atoms with E-state index in [2.05, 4.69) is 22.4 Å². The zero-order valence-electron chi connectivity index (χ0n) is 14.2. The average molecular weight is 336 g/mol. The highest BCUT2D eigenvalue weighted by Gasteiger charge is 2.07. The maximum Gasteiger partial charge on any atom is 0.255 e. The minimum Gasteiger partial charge on any atom is -0.491 e. The molecule has 0 saturated carbocycles. The van der Waals surface area contributed by atoms with Gasteiger partial charge in [0, 0.05) is 16.9 Å². The van der Waals surface area contributed by atoms with Crippen LogP contribution in [-0.4, -0.2) is 26.8 Å². The van der Waals surface area contributed by atoms with E-state index in [1.54, 1.807) is 29.4 Å². The van der Waals surface area contributed by atoms with Crippen LogP contribution >= 0.6 is 0 Å². The van der Waals surface area contributed by atoms with Gasteiger partial charge in [-0.15, -0.1) is 10.2 Å². The molecule has 0 fully saturated rings. The first-order valence-electron chi connectivity index (χ1n) is 8.19. The lowest BCUT2D eigenvalue weighted by molar-refractivity contribution is 0.102. The molecule has 0 aliphatic heterocycles. The van der Waals surface area contributed by atoms with Crippen molar-refractivity contribution in [3.8, 4) is 11.4 Å². The van der Waals surface area contributed by atoms with Crippen LogP contribution in [0.25, 0.3) is 5.69 Å². The van der Waals surface area contributed by atoms with Gasteiger partial charge in [-0.05, 0) is 61.9 Å². The van der Waals surface area contributed by atoms with Crippen LogP contribution in [0.15, 0.2) is 61.2 Å². The Morgan fingerprint density at radius 1 is 1.08 bits per heavy atom. The quantitative estimate of drug-likeness (QED) is 0.745. The average Bonchev–Trinajstić information content (AvgIpc) is 3.18. The summed E-state index contributed by atoms with van der Waals surface area (Å²) in [6, 6.07) is 14.6. The zero-order chi connectivity index (χ0) is 17.6. The summed E-state index contributed by atoms with van der Waals surface area (Å²) < 4.78 is 7.51. The topological polar surface area (TPSA) is 69.0 Å². The summed E-state index contributed by atoms with van der Waals surface area (Å²) in [7, 11) is 0. The van der Waals surface area contributed by atoms with Gasteiger partial charge in [-0.25, -0.2) is 0 Å². The molecule has 6 nitrogen and oxygen atoms in total. The van der Waals surface area contributed by atoms with Crippen molar-refractivity contribution in [3.05, 3.63) is 66.7 Å². The maximum absolute atomic E-state index is 12.3. The Balaban J connectivity index is 1.63. The number of carbonyl (C=O) groups excluding carboxylic acids is 1. The van der Waals surface area contributed by atoms with Gasteiger partial charge in [0.25, 0.3) is 5.91 Å². The molecule has 0 saturated heterocycles. The Bertz CT molecular complexity index is 812. The SMILES string of the molecule is CC[C@@H](C)Oc1ccc(NC(=O)c2ccc(-n3cnnc3)cc2)cc1. The molecule has 128 valence electrons. The van der Waals surface area contributed by atoms with E-state index in [0.717, 1.165) is 23.5 Å². The van der Waals surface area contributed by atoms with Crippen molar-refractivity contribution in [3.63, 3.8) is 0 Å². The number of hydrogen-bond acceptors (Lipinski definition) is 4. The molecule has 1 atom stereocenters. The Labute approximate surface area is 146 Å². The van der Waals surface area contributed by atoms with Gasteiger partial charge in [-0.3, -0.25) is 9.36 Å². The minimum atomic E-state index is -0.161. The van der Waals surface area contributed by atoms with Crippen molar-refractivity contribution in [2.45, 2.75) is 26.4 Å². The van der Waals surface area contributed by atoms with Crippen LogP contribution in [0, 0.1) is 0 Å². The third-order valence-electron chi connectivity index (χ3n) is 3.87. The molecule has 0 spiro atoms. The Morgan fingerprint density at radius 3 is 2.32 bits per heavy atom. The lowest BCUT2D eigenvalue weighted by Crippen LogP contribution is -2.12. The smallest absolute Gasteiger partial charge is 0.255 e. The Morgan fingerprint density at radius 2 is 1.72 bits per heavy atom. The van der Waals surface area contributed by atoms with Gasteiger partial charge in [0.15, 0.2) is 0 Å². The molecule has 1 heterocycles. The molecule has 0 radical (unpaired) electrons. The number of aromatic nitrogens is 3. The van der Waals surface area contributed by atoms with Crippen LogP contribution in [0.5, 0.6) is 5.75 Å². The lowest BCUT2D eigenvalue weighted by Gasteiger charge is -2.13. The van der Waals surface area contributed by atoms with Gasteiger partial charge in [-0.1, -0.05) is 6.92 Å². The number of ether oxygens (including phenoxy) is 1. The summed E-state index contributed by atoms with van der Waals surface area (Å²) in [5.74, 6) is 0.636. The van der Waals surface area contributed by atoms with E-state index in [9.17, 15) is 4.79 Å². The van der Waals surface area contributed by atoms with E-state index in [4.69, 9.17) is 4.74 Å². The van der Waals surface area contributed by atoms with Crippen LogP contribution in [0.1, 0.15) is 30.6 Å². The molecule has 1 N–H and O–H groups in total. The number of benzene rings is 2. The normalized spacial score (nSPS) is 11.8. The van der Waals surface area contributed by atoms with Crippen LogP contribution < -0.4 is 10.1 Å². The molecule has 0 unspecified atom stereocenters. The predicted molar refractivity (Wildman–Crippen MR) is 96.1 cm³/mol. The van der Waals surface area contributed by atoms with Crippen molar-refractivity contribution in [2.24, 2.45) is 0 Å². The van der Waals surface area contributed by atoms with E-state index < -0.39 is 0 Å². The second kappa shape index (κ2) is 7.61. The maximum atomic E-state index is 12.3. The van der Waals surface area contributed by atoms with E-state index >= 15 is 0 Å². The number of anilines is 1. The summed E-state index contributed by atoms with van der Waals surface area (Å²) >= 11 is 0. The molecule has 1 amide bonds. The monoisotopic (exact) mass is 336 g/mol. The van der Waals surface area contributed by atoms with Crippen molar-refractivity contribution in [2.75, 3.05) is 5.32 Å². The second-order valence-corrected chi connectivity index (χ2v) is 5.73. The van der Waals surface area contributed by atoms with Gasteiger partial charge in [0.05, 0.1) is 6.10 Å². The highest BCUT2D eigenvalue weighted by atomic mass is 16.5. The first kappa shape index (κ1) is 16.7. The second-order valence-electron chi connectivity index (χ2n) is 5.73. The third-order valence-corrected chi connectivity index (χ3v) is 3.87. The first-order chi connectivity index (χ1) is 12.2. The highest BCUT2D eigenvalue weighted by molar-refractivity contribution is 6.04. The van der Waals surface area contributed by atoms with E-state index in [1.807, 2.05) is 43.3 Å². The van der Waals surface area contributed by atoms with E-state index in [-0.39, 0.29) is 12.0 Å². The fourth-order valence-electron chi connectivity index (χ4n) is 2.25. The molecular weight excluding hydrogens is 316 g/mol. The van der Waals surface area contributed by atoms with Crippen molar-refractivity contribution < 1.29 is 9.53 Å². The molecule has 25 heavy (non-hydrogen) atoms. The number of nitrogens with one attached hydrogen (secondary N) is 1. The first-order valence-corrected chi connectivity index (χ1v) is 8.19. The fourth-order valence-corrected chi connectivity index (χ4v) is 2.25. The largest absolute Gasteiger partial charge is 0.491 e. The predicted octanol–water partition coefficient (Wildman–Crippen LogP) is 3.70. The summed E-state index contributed by atoms with van der Waals surface area (Å²) in [4.78, 5) is 12.3. The number of amides is 1. The standard InChI is InChI=1S/C19H20N4O2/c1-3-14(2)25-18-10-6-16(7-11-18)22-19(24)15-4-8-17(9-5-15)23-12-20-21-13-23/h4-14H,3H2,1-2H3,(H,22,24)/t14-/m1/s1. The molecule has 2 aromatic carbocycles. The molecule has 0 bridgehead atoms. The molecule has 3 rings (SSSR count). The summed E-state index contributed by atoms with van der Waals surface area (Å²) in [6.45, 7) is 4.10. The summed E-state index contributed by atoms with van der Waals surface area (Å²) in [5.41, 5.74) is 2.20. The number of rotatable bonds is 6. The minimum absolute atomic E-state index is 0.161. The number of nitrogens with zero attached hydrogens (tertiary/aromatic N) is 3. The Hall–Kier alpha value is -3.15. The molecule has 6 heteroatoms. The van der Waals surface area contributed by atoms with Crippen LogP contribution in [0.3, 0.4) is 0 Å². The molecule has 3 aromatic rings. The molecule has 0 aliphatic carbocycles.